The number of aromatic amines is 1. The average molecular weight is 495 g/mol. The Bertz CT molecular complexity index is 1550. The van der Waals surface area contributed by atoms with Crippen LogP contribution < -0.4 is 10.6 Å². The van der Waals surface area contributed by atoms with E-state index in [1.54, 1.807) is 6.92 Å². The van der Waals surface area contributed by atoms with Crippen LogP contribution in [0.5, 0.6) is 0 Å². The molecule has 0 aliphatic carbocycles. The minimum Gasteiger partial charge on any atom is -0.361 e. The Balaban J connectivity index is 1.25. The second kappa shape index (κ2) is 10.3. The first-order valence-electron chi connectivity index (χ1n) is 12.2. The van der Waals surface area contributed by atoms with Gasteiger partial charge in [0.2, 0.25) is 11.7 Å². The molecule has 5 rings (SSSR count). The van der Waals surface area contributed by atoms with E-state index in [9.17, 15) is 4.79 Å². The predicted octanol–water partition coefficient (Wildman–Crippen LogP) is 6.25. The number of H-pyrrole nitrogens is 1. The second-order valence-corrected chi connectivity index (χ2v) is 9.45. The third-order valence-electron chi connectivity index (χ3n) is 6.32. The van der Waals surface area contributed by atoms with Crippen molar-refractivity contribution in [2.75, 3.05) is 31.3 Å². The van der Waals surface area contributed by atoms with Gasteiger partial charge in [0.05, 0.1) is 0 Å². The first-order chi connectivity index (χ1) is 17.9. The van der Waals surface area contributed by atoms with Crippen molar-refractivity contribution in [1.82, 2.24) is 20.0 Å². The minimum atomic E-state index is -0.284. The summed E-state index contributed by atoms with van der Waals surface area (Å²) in [7, 11) is 4.13. The summed E-state index contributed by atoms with van der Waals surface area (Å²) in [5, 5.41) is 11.0. The maximum atomic E-state index is 12.7. The standard InChI is InChI=1S/C29H30N6O2/c1-18-15-21(28-31-19(2)37-34-28)7-11-25(18)20-5-8-23(9-6-20)32-29(36)33-24-10-12-27-26(16-24)22(17-30-27)13-14-35(3)4/h5-12,15-17,30H,13-14H2,1-4H3,(H2,32,33,36). The van der Waals surface area contributed by atoms with Crippen LogP contribution in [0.25, 0.3) is 33.4 Å². The van der Waals surface area contributed by atoms with Gasteiger partial charge in [-0.1, -0.05) is 29.4 Å². The molecule has 2 heterocycles. The lowest BCUT2D eigenvalue weighted by molar-refractivity contribution is 0.262. The zero-order valence-corrected chi connectivity index (χ0v) is 21.4. The molecule has 0 saturated heterocycles. The fourth-order valence-electron chi connectivity index (χ4n) is 4.38. The fourth-order valence-corrected chi connectivity index (χ4v) is 4.38. The van der Waals surface area contributed by atoms with E-state index in [1.807, 2.05) is 60.8 Å². The number of aryl methyl sites for hydroxylation is 2. The molecule has 188 valence electrons. The van der Waals surface area contributed by atoms with Crippen LogP contribution in [0.2, 0.25) is 0 Å². The summed E-state index contributed by atoms with van der Waals surface area (Å²) in [6, 6.07) is 19.5. The van der Waals surface area contributed by atoms with Gasteiger partial charge >= 0.3 is 6.03 Å². The van der Waals surface area contributed by atoms with E-state index in [4.69, 9.17) is 4.52 Å². The topological polar surface area (TPSA) is 99.1 Å². The van der Waals surface area contributed by atoms with E-state index < -0.39 is 0 Å². The lowest BCUT2D eigenvalue weighted by Crippen LogP contribution is -2.19. The van der Waals surface area contributed by atoms with Crippen LogP contribution in [-0.2, 0) is 6.42 Å². The molecule has 0 radical (unpaired) electrons. The monoisotopic (exact) mass is 494 g/mol. The lowest BCUT2D eigenvalue weighted by Gasteiger charge is -2.11. The fraction of sp³-hybridized carbons (Fsp3) is 0.207. The normalized spacial score (nSPS) is 11.3. The van der Waals surface area contributed by atoms with Crippen molar-refractivity contribution in [2.45, 2.75) is 20.3 Å². The third-order valence-corrected chi connectivity index (χ3v) is 6.32. The van der Waals surface area contributed by atoms with E-state index in [-0.39, 0.29) is 6.03 Å². The summed E-state index contributed by atoms with van der Waals surface area (Å²) in [6.07, 6.45) is 2.98. The first-order valence-corrected chi connectivity index (χ1v) is 12.2. The molecule has 3 aromatic carbocycles. The number of carbonyl (C=O) groups is 1. The highest BCUT2D eigenvalue weighted by atomic mass is 16.5. The smallest absolute Gasteiger partial charge is 0.323 e. The molecular formula is C29H30N6O2. The van der Waals surface area contributed by atoms with Gasteiger partial charge in [0, 0.05) is 47.5 Å². The molecule has 0 fully saturated rings. The molecule has 0 bridgehead atoms. The predicted molar refractivity (Wildman–Crippen MR) is 148 cm³/mol. The zero-order valence-electron chi connectivity index (χ0n) is 21.4. The van der Waals surface area contributed by atoms with Crippen molar-refractivity contribution in [1.29, 1.82) is 0 Å². The van der Waals surface area contributed by atoms with Gasteiger partial charge in [0.25, 0.3) is 0 Å². The van der Waals surface area contributed by atoms with E-state index >= 15 is 0 Å². The van der Waals surface area contributed by atoms with Crippen LogP contribution in [0.15, 0.2) is 71.4 Å². The highest BCUT2D eigenvalue weighted by molar-refractivity contribution is 6.01. The van der Waals surface area contributed by atoms with E-state index in [2.05, 4.69) is 57.7 Å². The highest BCUT2D eigenvalue weighted by Gasteiger charge is 2.11. The third kappa shape index (κ3) is 5.54. The van der Waals surface area contributed by atoms with Crippen molar-refractivity contribution in [2.24, 2.45) is 0 Å². The van der Waals surface area contributed by atoms with E-state index in [0.717, 1.165) is 51.8 Å². The van der Waals surface area contributed by atoms with Crippen molar-refractivity contribution in [3.63, 3.8) is 0 Å². The van der Waals surface area contributed by atoms with Crippen molar-refractivity contribution >= 4 is 28.3 Å². The van der Waals surface area contributed by atoms with Crippen molar-refractivity contribution in [3.8, 4) is 22.5 Å². The number of fused-ring (bicyclic) bond motifs is 1. The number of nitrogens with one attached hydrogen (secondary N) is 3. The SMILES string of the molecule is Cc1nc(-c2ccc(-c3ccc(NC(=O)Nc4ccc5[nH]cc(CCN(C)C)c5c4)cc3)c(C)c2)no1. The van der Waals surface area contributed by atoms with Gasteiger partial charge in [0.1, 0.15) is 0 Å². The molecule has 0 aliphatic rings. The summed E-state index contributed by atoms with van der Waals surface area (Å²) in [6.45, 7) is 4.79. The summed E-state index contributed by atoms with van der Waals surface area (Å²) in [4.78, 5) is 22.4. The van der Waals surface area contributed by atoms with Gasteiger partial charge in [-0.2, -0.15) is 4.98 Å². The molecular weight excluding hydrogens is 464 g/mol. The Labute approximate surface area is 215 Å². The van der Waals surface area contributed by atoms with Crippen LogP contribution in [0.4, 0.5) is 16.2 Å². The Hall–Kier alpha value is -4.43. The molecule has 3 N–H and O–H groups in total. The van der Waals surface area contributed by atoms with Gasteiger partial charge < -0.3 is 25.0 Å². The quantitative estimate of drug-likeness (QED) is 0.248. The molecule has 0 unspecified atom stereocenters. The van der Waals surface area contributed by atoms with Crippen molar-refractivity contribution in [3.05, 3.63) is 83.9 Å². The van der Waals surface area contributed by atoms with Crippen LogP contribution in [0, 0.1) is 13.8 Å². The number of carbonyl (C=O) groups excluding carboxylic acids is 1. The molecule has 8 nitrogen and oxygen atoms in total. The van der Waals surface area contributed by atoms with Gasteiger partial charge in [-0.25, -0.2) is 4.79 Å². The molecule has 5 aromatic rings. The van der Waals surface area contributed by atoms with Gasteiger partial charge in [-0.05, 0) is 86.1 Å². The number of urea groups is 1. The van der Waals surface area contributed by atoms with Crippen LogP contribution >= 0.6 is 0 Å². The zero-order chi connectivity index (χ0) is 25.9. The number of anilines is 2. The number of amides is 2. The number of hydrogen-bond acceptors (Lipinski definition) is 5. The summed E-state index contributed by atoms with van der Waals surface area (Å²) < 4.78 is 5.09. The molecule has 0 saturated carbocycles. The summed E-state index contributed by atoms with van der Waals surface area (Å²) in [5.74, 6) is 1.12. The maximum absolute atomic E-state index is 12.7. The molecule has 8 heteroatoms. The molecule has 2 aromatic heterocycles. The Kier molecular flexibility index (Phi) is 6.74. The molecule has 2 amide bonds. The number of rotatable bonds is 7. The number of likely N-dealkylation sites (N-methyl/N-ethyl adjacent to an activating group) is 1. The van der Waals surface area contributed by atoms with E-state index in [1.165, 1.54) is 5.56 Å². The first kappa shape index (κ1) is 24.3. The molecule has 0 aliphatic heterocycles. The minimum absolute atomic E-state index is 0.284. The largest absolute Gasteiger partial charge is 0.361 e. The van der Waals surface area contributed by atoms with Crippen LogP contribution in [0.3, 0.4) is 0 Å². The van der Waals surface area contributed by atoms with Gasteiger partial charge in [0.15, 0.2) is 0 Å². The highest BCUT2D eigenvalue weighted by Crippen LogP contribution is 2.29. The maximum Gasteiger partial charge on any atom is 0.323 e. The van der Waals surface area contributed by atoms with E-state index in [0.29, 0.717) is 17.4 Å². The Morgan fingerprint density at radius 1 is 0.946 bits per heavy atom. The summed E-state index contributed by atoms with van der Waals surface area (Å²) >= 11 is 0. The molecule has 37 heavy (non-hydrogen) atoms. The van der Waals surface area contributed by atoms with Crippen LogP contribution in [0.1, 0.15) is 17.0 Å². The van der Waals surface area contributed by atoms with Gasteiger partial charge in [-0.15, -0.1) is 0 Å². The molecule has 0 spiro atoms. The summed E-state index contributed by atoms with van der Waals surface area (Å²) in [5.41, 5.74) is 7.93. The van der Waals surface area contributed by atoms with Gasteiger partial charge in [-0.3, -0.25) is 0 Å². The number of aromatic nitrogens is 3. The van der Waals surface area contributed by atoms with Crippen LogP contribution in [-0.4, -0.2) is 46.7 Å². The number of benzene rings is 3. The average Bonchev–Trinajstić information content (AvgIpc) is 3.49. The number of nitrogens with zero attached hydrogens (tertiary/aromatic N) is 3. The van der Waals surface area contributed by atoms with Crippen molar-refractivity contribution < 1.29 is 9.32 Å². The Morgan fingerprint density at radius 2 is 1.68 bits per heavy atom. The Morgan fingerprint density at radius 3 is 2.38 bits per heavy atom. The number of hydrogen-bond donors (Lipinski definition) is 3. The lowest BCUT2D eigenvalue weighted by atomic mass is 9.98. The molecule has 0 atom stereocenters. The second-order valence-electron chi connectivity index (χ2n) is 9.45.